The van der Waals surface area contributed by atoms with Gasteiger partial charge in [0.1, 0.15) is 5.75 Å². The minimum absolute atomic E-state index is 0.0245. The van der Waals surface area contributed by atoms with Crippen molar-refractivity contribution in [1.29, 1.82) is 0 Å². The van der Waals surface area contributed by atoms with Gasteiger partial charge in [-0.15, -0.1) is 0 Å². The van der Waals surface area contributed by atoms with Crippen molar-refractivity contribution in [2.24, 2.45) is 0 Å². The third kappa shape index (κ3) is 5.49. The molecule has 4 rings (SSSR count). The highest BCUT2D eigenvalue weighted by Gasteiger charge is 2.27. The topological polar surface area (TPSA) is 84.4 Å². The molecule has 0 radical (unpaired) electrons. The Labute approximate surface area is 187 Å². The van der Waals surface area contributed by atoms with E-state index in [-0.39, 0.29) is 23.9 Å². The Morgan fingerprint density at radius 1 is 0.969 bits per heavy atom. The van der Waals surface area contributed by atoms with Gasteiger partial charge >= 0.3 is 6.01 Å². The highest BCUT2D eigenvalue weighted by Crippen LogP contribution is 2.24. The number of amides is 2. The Morgan fingerprint density at radius 2 is 1.75 bits per heavy atom. The normalized spacial score (nSPS) is 15.8. The summed E-state index contributed by atoms with van der Waals surface area (Å²) in [5, 5.41) is 2.97. The number of ether oxygens (including phenoxy) is 1. The number of carbonyl (C=O) groups excluding carboxylic acids is 2. The molecule has 0 saturated carbocycles. The van der Waals surface area contributed by atoms with E-state index in [1.165, 1.54) is 0 Å². The van der Waals surface area contributed by atoms with Crippen LogP contribution in [0.2, 0.25) is 0 Å². The highest BCUT2D eigenvalue weighted by atomic mass is 16.5. The first kappa shape index (κ1) is 21.5. The fourth-order valence-electron chi connectivity index (χ4n) is 3.91. The van der Waals surface area contributed by atoms with E-state index < -0.39 is 0 Å². The lowest BCUT2D eigenvalue weighted by Gasteiger charge is -2.36. The minimum atomic E-state index is -0.0905. The van der Waals surface area contributed by atoms with Crippen LogP contribution in [0.1, 0.15) is 46.4 Å². The predicted molar refractivity (Wildman–Crippen MR) is 121 cm³/mol. The van der Waals surface area contributed by atoms with Crippen LogP contribution >= 0.6 is 0 Å². The van der Waals surface area contributed by atoms with Gasteiger partial charge in [0.15, 0.2) is 0 Å². The van der Waals surface area contributed by atoms with E-state index in [0.29, 0.717) is 30.0 Å². The quantitative estimate of drug-likeness (QED) is 0.610. The molecular weight excluding hydrogens is 404 g/mol. The van der Waals surface area contributed by atoms with Crippen molar-refractivity contribution in [2.45, 2.75) is 31.7 Å². The largest absolute Gasteiger partial charge is 0.424 e. The molecule has 3 aromatic rings. The SMILES string of the molecule is O=C(NCCC1CCCCN1C(=O)c1cccc(Oc2ncccn2)c1)c1ccccc1. The molecule has 1 atom stereocenters. The van der Waals surface area contributed by atoms with Crippen molar-refractivity contribution in [2.75, 3.05) is 13.1 Å². The number of benzene rings is 2. The summed E-state index contributed by atoms with van der Waals surface area (Å²) in [6, 6.07) is 18.3. The first-order valence-electron chi connectivity index (χ1n) is 10.9. The maximum Gasteiger partial charge on any atom is 0.321 e. The van der Waals surface area contributed by atoms with E-state index in [1.807, 2.05) is 23.1 Å². The number of hydrogen-bond donors (Lipinski definition) is 1. The number of piperidine rings is 1. The lowest BCUT2D eigenvalue weighted by molar-refractivity contribution is 0.0601. The van der Waals surface area contributed by atoms with Gasteiger partial charge in [0.05, 0.1) is 0 Å². The lowest BCUT2D eigenvalue weighted by atomic mass is 9.98. The van der Waals surface area contributed by atoms with Gasteiger partial charge in [0.2, 0.25) is 0 Å². The number of nitrogens with one attached hydrogen (secondary N) is 1. The lowest BCUT2D eigenvalue weighted by Crippen LogP contribution is -2.45. The second-order valence-corrected chi connectivity index (χ2v) is 7.72. The molecule has 2 aromatic carbocycles. The van der Waals surface area contributed by atoms with Crippen molar-refractivity contribution >= 4 is 11.8 Å². The molecule has 7 heteroatoms. The molecule has 0 aliphatic carbocycles. The van der Waals surface area contributed by atoms with Crippen molar-refractivity contribution in [3.05, 3.63) is 84.2 Å². The molecule has 0 spiro atoms. The molecular formula is C25H26N4O3. The van der Waals surface area contributed by atoms with Crippen molar-refractivity contribution in [1.82, 2.24) is 20.2 Å². The number of nitrogens with zero attached hydrogens (tertiary/aromatic N) is 3. The van der Waals surface area contributed by atoms with Gasteiger partial charge in [-0.1, -0.05) is 24.3 Å². The van der Waals surface area contributed by atoms with Gasteiger partial charge in [-0.05, 0) is 62.1 Å². The maximum absolute atomic E-state index is 13.3. The zero-order valence-corrected chi connectivity index (χ0v) is 17.8. The van der Waals surface area contributed by atoms with Crippen LogP contribution in [0.4, 0.5) is 0 Å². The number of rotatable bonds is 7. The average molecular weight is 431 g/mol. The van der Waals surface area contributed by atoms with E-state index >= 15 is 0 Å². The summed E-state index contributed by atoms with van der Waals surface area (Å²) in [7, 11) is 0. The maximum atomic E-state index is 13.3. The Kier molecular flexibility index (Phi) is 7.07. The molecule has 7 nitrogen and oxygen atoms in total. The monoisotopic (exact) mass is 430 g/mol. The molecule has 2 amide bonds. The summed E-state index contributed by atoms with van der Waals surface area (Å²) in [5.41, 5.74) is 1.21. The van der Waals surface area contributed by atoms with Gasteiger partial charge in [-0.25, -0.2) is 9.97 Å². The third-order valence-electron chi connectivity index (χ3n) is 5.52. The Bertz CT molecular complexity index is 1040. The number of hydrogen-bond acceptors (Lipinski definition) is 5. The zero-order chi connectivity index (χ0) is 22.2. The molecule has 1 N–H and O–H groups in total. The van der Waals surface area contributed by atoms with Gasteiger partial charge in [0, 0.05) is 42.7 Å². The van der Waals surface area contributed by atoms with E-state index in [1.54, 1.807) is 54.9 Å². The summed E-state index contributed by atoms with van der Waals surface area (Å²) >= 11 is 0. The molecule has 0 bridgehead atoms. The number of aromatic nitrogens is 2. The Morgan fingerprint density at radius 3 is 2.56 bits per heavy atom. The zero-order valence-electron chi connectivity index (χ0n) is 17.8. The van der Waals surface area contributed by atoms with Crippen LogP contribution in [0.5, 0.6) is 11.8 Å². The van der Waals surface area contributed by atoms with Crippen LogP contribution in [0.15, 0.2) is 73.1 Å². The standard InChI is InChI=1S/C25H26N4O3/c30-23(19-8-2-1-3-9-19)26-16-13-21-11-4-5-17-29(21)24(31)20-10-6-12-22(18-20)32-25-27-14-7-15-28-25/h1-3,6-10,12,14-15,18,21H,4-5,11,13,16-17H2,(H,26,30). The second kappa shape index (κ2) is 10.5. The van der Waals surface area contributed by atoms with E-state index in [9.17, 15) is 9.59 Å². The Hall–Kier alpha value is -3.74. The van der Waals surface area contributed by atoms with Crippen molar-refractivity contribution in [3.63, 3.8) is 0 Å². The second-order valence-electron chi connectivity index (χ2n) is 7.72. The van der Waals surface area contributed by atoms with Gasteiger partial charge in [-0.2, -0.15) is 0 Å². The Balaban J connectivity index is 1.38. The molecule has 1 unspecified atom stereocenters. The van der Waals surface area contributed by atoms with E-state index in [2.05, 4.69) is 15.3 Å². The number of carbonyl (C=O) groups is 2. The van der Waals surface area contributed by atoms with E-state index in [4.69, 9.17) is 4.74 Å². The molecule has 1 aromatic heterocycles. The number of likely N-dealkylation sites (tertiary alicyclic amines) is 1. The molecule has 32 heavy (non-hydrogen) atoms. The van der Waals surface area contributed by atoms with Gasteiger partial charge in [-0.3, -0.25) is 9.59 Å². The van der Waals surface area contributed by atoms with E-state index in [0.717, 1.165) is 25.7 Å². The van der Waals surface area contributed by atoms with Crippen LogP contribution in [-0.4, -0.2) is 45.8 Å². The molecule has 164 valence electrons. The van der Waals surface area contributed by atoms with Gasteiger partial charge in [0.25, 0.3) is 11.8 Å². The molecule has 1 aliphatic rings. The van der Waals surface area contributed by atoms with Crippen LogP contribution in [-0.2, 0) is 0 Å². The first-order chi connectivity index (χ1) is 15.7. The smallest absolute Gasteiger partial charge is 0.321 e. The fourth-order valence-corrected chi connectivity index (χ4v) is 3.91. The van der Waals surface area contributed by atoms with Gasteiger partial charge < -0.3 is 15.0 Å². The summed E-state index contributed by atoms with van der Waals surface area (Å²) in [5.74, 6) is 0.404. The van der Waals surface area contributed by atoms with Crippen LogP contribution in [0.3, 0.4) is 0 Å². The third-order valence-corrected chi connectivity index (χ3v) is 5.52. The molecule has 1 saturated heterocycles. The summed E-state index contributed by atoms with van der Waals surface area (Å²) in [4.78, 5) is 35.6. The fraction of sp³-hybridized carbons (Fsp3) is 0.280. The predicted octanol–water partition coefficient (Wildman–Crippen LogP) is 4.08. The molecule has 2 heterocycles. The van der Waals surface area contributed by atoms with Crippen LogP contribution < -0.4 is 10.1 Å². The van der Waals surface area contributed by atoms with Crippen molar-refractivity contribution < 1.29 is 14.3 Å². The first-order valence-corrected chi connectivity index (χ1v) is 10.9. The summed E-state index contributed by atoms with van der Waals surface area (Å²) in [6.45, 7) is 1.24. The van der Waals surface area contributed by atoms with Crippen molar-refractivity contribution in [3.8, 4) is 11.8 Å². The average Bonchev–Trinajstić information content (AvgIpc) is 2.85. The summed E-state index contributed by atoms with van der Waals surface area (Å²) in [6.07, 6.45) is 6.92. The highest BCUT2D eigenvalue weighted by molar-refractivity contribution is 5.95. The summed E-state index contributed by atoms with van der Waals surface area (Å²) < 4.78 is 5.68. The molecule has 1 aliphatic heterocycles. The molecule has 1 fully saturated rings. The minimum Gasteiger partial charge on any atom is -0.424 e. The van der Waals surface area contributed by atoms with Crippen LogP contribution in [0.25, 0.3) is 0 Å². The van der Waals surface area contributed by atoms with Crippen LogP contribution in [0, 0.1) is 0 Å².